The molecule has 1 saturated carbocycles. The van der Waals surface area contributed by atoms with Gasteiger partial charge in [-0.2, -0.15) is 0 Å². The molecule has 1 rings (SSSR count). The number of nitrogens with zero attached hydrogens (tertiary/aromatic N) is 1. The number of hydrogen-bond acceptors (Lipinski definition) is 4. The van der Waals surface area contributed by atoms with Gasteiger partial charge in [0.15, 0.2) is 5.84 Å². The summed E-state index contributed by atoms with van der Waals surface area (Å²) in [5, 5.41) is 16.7. The van der Waals surface area contributed by atoms with Crippen molar-refractivity contribution in [2.45, 2.75) is 26.7 Å². The Balaban J connectivity index is 2.25. The third kappa shape index (κ3) is 3.61. The summed E-state index contributed by atoms with van der Waals surface area (Å²) in [5.41, 5.74) is 4.35. The normalized spacial score (nSPS) is 16.2. The smallest absolute Gasteiger partial charge is 0.233 e. The fourth-order valence-corrected chi connectivity index (χ4v) is 1.31. The molecule has 7 heteroatoms. The number of carbonyl (C=O) groups excluding carboxylic acids is 2. The average Bonchev–Trinajstić information content (AvgIpc) is 3.16. The Kier molecular flexibility index (Phi) is 4.52. The third-order valence-electron chi connectivity index (χ3n) is 2.97. The molecule has 0 bridgehead atoms. The molecule has 1 aliphatic rings. The van der Waals surface area contributed by atoms with Crippen LogP contribution in [0.25, 0.3) is 0 Å². The van der Waals surface area contributed by atoms with Crippen LogP contribution >= 0.6 is 0 Å². The molecule has 0 atom stereocenters. The molecule has 2 amide bonds. The van der Waals surface area contributed by atoms with E-state index in [2.05, 4.69) is 15.8 Å². The van der Waals surface area contributed by atoms with Crippen LogP contribution in [0.2, 0.25) is 0 Å². The van der Waals surface area contributed by atoms with Gasteiger partial charge in [-0.1, -0.05) is 5.16 Å². The van der Waals surface area contributed by atoms with Gasteiger partial charge in [0, 0.05) is 19.0 Å². The molecule has 1 fully saturated rings. The van der Waals surface area contributed by atoms with Crippen LogP contribution in [0.5, 0.6) is 0 Å². The largest absolute Gasteiger partial charge is 0.409 e. The maximum atomic E-state index is 11.8. The standard InChI is InChI=1S/C11H20N4O3/c1-11(2,9(12)15-18)10(17)14-6-5-13-8(16)7-3-4-7/h7,18H,3-6H2,1-2H3,(H2,12,15)(H,13,16)(H,14,17). The minimum absolute atomic E-state index is 0.0416. The summed E-state index contributed by atoms with van der Waals surface area (Å²) in [6, 6.07) is 0. The van der Waals surface area contributed by atoms with Crippen molar-refractivity contribution in [3.63, 3.8) is 0 Å². The highest BCUT2D eigenvalue weighted by molar-refractivity contribution is 6.05. The van der Waals surface area contributed by atoms with Gasteiger partial charge in [-0.25, -0.2) is 0 Å². The minimum atomic E-state index is -1.07. The lowest BCUT2D eigenvalue weighted by molar-refractivity contribution is -0.127. The number of rotatable bonds is 6. The second kappa shape index (κ2) is 5.70. The summed E-state index contributed by atoms with van der Waals surface area (Å²) in [6.45, 7) is 3.81. The van der Waals surface area contributed by atoms with Crippen molar-refractivity contribution in [1.82, 2.24) is 10.6 Å². The van der Waals surface area contributed by atoms with Crippen molar-refractivity contribution >= 4 is 17.6 Å². The van der Waals surface area contributed by atoms with Gasteiger partial charge in [-0.05, 0) is 26.7 Å². The zero-order valence-corrected chi connectivity index (χ0v) is 10.7. The molecule has 0 aromatic carbocycles. The van der Waals surface area contributed by atoms with Crippen LogP contribution < -0.4 is 16.4 Å². The summed E-state index contributed by atoms with van der Waals surface area (Å²) in [7, 11) is 0. The molecule has 7 nitrogen and oxygen atoms in total. The quantitative estimate of drug-likeness (QED) is 0.167. The molecule has 0 spiro atoms. The van der Waals surface area contributed by atoms with Crippen LogP contribution in [0.1, 0.15) is 26.7 Å². The topological polar surface area (TPSA) is 117 Å². The van der Waals surface area contributed by atoms with Gasteiger partial charge in [0.25, 0.3) is 0 Å². The first kappa shape index (κ1) is 14.3. The molecule has 0 radical (unpaired) electrons. The first-order chi connectivity index (χ1) is 8.39. The van der Waals surface area contributed by atoms with Gasteiger partial charge >= 0.3 is 0 Å². The fraction of sp³-hybridized carbons (Fsp3) is 0.727. The van der Waals surface area contributed by atoms with E-state index < -0.39 is 5.41 Å². The molecule has 0 saturated heterocycles. The van der Waals surface area contributed by atoms with Crippen LogP contribution in [0.15, 0.2) is 5.16 Å². The van der Waals surface area contributed by atoms with E-state index in [1.807, 2.05) is 0 Å². The van der Waals surface area contributed by atoms with Gasteiger partial charge < -0.3 is 21.6 Å². The SMILES string of the molecule is CC(C)(C(=O)NCCNC(=O)C1CC1)C(N)=NO. The van der Waals surface area contributed by atoms with Crippen LogP contribution in [-0.2, 0) is 9.59 Å². The predicted octanol–water partition coefficient (Wildman–Crippen LogP) is -0.599. The van der Waals surface area contributed by atoms with E-state index in [4.69, 9.17) is 10.9 Å². The summed E-state index contributed by atoms with van der Waals surface area (Å²) in [4.78, 5) is 23.1. The molecule has 0 aliphatic heterocycles. The Hall–Kier alpha value is -1.79. The highest BCUT2D eigenvalue weighted by Crippen LogP contribution is 2.28. The van der Waals surface area contributed by atoms with Gasteiger partial charge in [0.2, 0.25) is 11.8 Å². The summed E-state index contributed by atoms with van der Waals surface area (Å²) < 4.78 is 0. The second-order valence-corrected chi connectivity index (χ2v) is 4.93. The van der Waals surface area contributed by atoms with Crippen molar-refractivity contribution in [3.8, 4) is 0 Å². The summed E-state index contributed by atoms with van der Waals surface area (Å²) in [5.74, 6) is -0.297. The Morgan fingerprint density at radius 1 is 1.33 bits per heavy atom. The number of amides is 2. The number of nitrogens with two attached hydrogens (primary N) is 1. The molecule has 0 heterocycles. The molecular weight excluding hydrogens is 236 g/mol. The number of carbonyl (C=O) groups is 2. The van der Waals surface area contributed by atoms with Crippen molar-refractivity contribution in [1.29, 1.82) is 0 Å². The Morgan fingerprint density at radius 2 is 1.89 bits per heavy atom. The minimum Gasteiger partial charge on any atom is -0.409 e. The first-order valence-electron chi connectivity index (χ1n) is 5.93. The summed E-state index contributed by atoms with van der Waals surface area (Å²) in [6.07, 6.45) is 1.91. The monoisotopic (exact) mass is 256 g/mol. The fourth-order valence-electron chi connectivity index (χ4n) is 1.31. The van der Waals surface area contributed by atoms with Gasteiger partial charge in [-0.3, -0.25) is 9.59 Å². The molecule has 0 aromatic heterocycles. The lowest BCUT2D eigenvalue weighted by atomic mass is 9.91. The van der Waals surface area contributed by atoms with E-state index in [1.165, 1.54) is 0 Å². The number of nitrogens with one attached hydrogen (secondary N) is 2. The van der Waals surface area contributed by atoms with Gasteiger partial charge in [0.05, 0.1) is 0 Å². The Morgan fingerprint density at radius 3 is 2.39 bits per heavy atom. The maximum absolute atomic E-state index is 11.8. The van der Waals surface area contributed by atoms with Crippen LogP contribution in [0, 0.1) is 11.3 Å². The van der Waals surface area contributed by atoms with Crippen molar-refractivity contribution in [3.05, 3.63) is 0 Å². The van der Waals surface area contributed by atoms with E-state index in [0.717, 1.165) is 12.8 Å². The highest BCUT2D eigenvalue weighted by atomic mass is 16.4. The first-order valence-corrected chi connectivity index (χ1v) is 5.93. The Labute approximate surface area is 106 Å². The van der Waals surface area contributed by atoms with Gasteiger partial charge in [0.1, 0.15) is 5.41 Å². The van der Waals surface area contributed by atoms with Crippen LogP contribution in [0.4, 0.5) is 0 Å². The van der Waals surface area contributed by atoms with E-state index in [9.17, 15) is 9.59 Å². The van der Waals surface area contributed by atoms with Crippen molar-refractivity contribution in [2.24, 2.45) is 22.2 Å². The second-order valence-electron chi connectivity index (χ2n) is 4.93. The third-order valence-corrected chi connectivity index (χ3v) is 2.97. The number of amidine groups is 1. The van der Waals surface area contributed by atoms with Crippen LogP contribution in [0.3, 0.4) is 0 Å². The highest BCUT2D eigenvalue weighted by Gasteiger charge is 2.32. The maximum Gasteiger partial charge on any atom is 0.233 e. The molecular formula is C11H20N4O3. The van der Waals surface area contributed by atoms with E-state index in [-0.39, 0.29) is 23.6 Å². The lowest BCUT2D eigenvalue weighted by Gasteiger charge is -2.21. The van der Waals surface area contributed by atoms with E-state index in [0.29, 0.717) is 13.1 Å². The molecule has 1 aliphatic carbocycles. The number of hydrogen-bond donors (Lipinski definition) is 4. The van der Waals surface area contributed by atoms with E-state index in [1.54, 1.807) is 13.8 Å². The van der Waals surface area contributed by atoms with Crippen LogP contribution in [-0.4, -0.2) is 35.9 Å². The van der Waals surface area contributed by atoms with Crippen molar-refractivity contribution in [2.75, 3.05) is 13.1 Å². The molecule has 0 unspecified atom stereocenters. The Bertz CT molecular complexity index is 361. The molecule has 102 valence electrons. The zero-order valence-electron chi connectivity index (χ0n) is 10.7. The molecule has 5 N–H and O–H groups in total. The van der Waals surface area contributed by atoms with Gasteiger partial charge in [-0.15, -0.1) is 0 Å². The number of oxime groups is 1. The molecule has 0 aromatic rings. The predicted molar refractivity (Wildman–Crippen MR) is 65.9 cm³/mol. The molecule has 18 heavy (non-hydrogen) atoms. The lowest BCUT2D eigenvalue weighted by Crippen LogP contribution is -2.47. The van der Waals surface area contributed by atoms with Crippen molar-refractivity contribution < 1.29 is 14.8 Å². The summed E-state index contributed by atoms with van der Waals surface area (Å²) >= 11 is 0. The zero-order chi connectivity index (χ0) is 13.8. The van der Waals surface area contributed by atoms with E-state index >= 15 is 0 Å². The average molecular weight is 256 g/mol.